The maximum Gasteiger partial charge on any atom is 2.00 e. The fraction of sp³-hybridized carbons (Fsp3) is 0.333. The average molecular weight is 739 g/mol. The van der Waals surface area contributed by atoms with Gasteiger partial charge in [0, 0.05) is 0 Å². The molecular weight excluding hydrogens is 697 g/mol. The van der Waals surface area contributed by atoms with E-state index in [-0.39, 0.29) is 49.2 Å². The van der Waals surface area contributed by atoms with Crippen LogP contribution in [0.1, 0.15) is 76.3 Å². The number of phenols is 1. The van der Waals surface area contributed by atoms with Crippen molar-refractivity contribution in [3.8, 4) is 34.5 Å². The normalized spacial score (nSPS) is 11.2. The SMILES string of the molecule is CCCCCCc1ccccc1Oc1cccc(S(=O)(=O)O)c1O.CCCCCCc1ccccc1Oc1cccc(S(=O)(=O)[O-])c1[O-].[Ca+2]. The van der Waals surface area contributed by atoms with E-state index in [1.54, 1.807) is 18.2 Å². The Morgan fingerprint density at radius 3 is 1.49 bits per heavy atom. The summed E-state index contributed by atoms with van der Waals surface area (Å²) in [6.07, 6.45) is 10.6. The Bertz CT molecular complexity index is 1710. The first kappa shape index (κ1) is 42.3. The quantitative estimate of drug-likeness (QED) is 0.0657. The molecule has 0 saturated heterocycles. The largest absolute Gasteiger partial charge is 2.00 e. The minimum atomic E-state index is -4.82. The van der Waals surface area contributed by atoms with Gasteiger partial charge in [-0.1, -0.05) is 101 Å². The van der Waals surface area contributed by atoms with Crippen LogP contribution in [0.3, 0.4) is 0 Å². The maximum atomic E-state index is 12.1. The fourth-order valence-corrected chi connectivity index (χ4v) is 6.08. The number of phenolic OH excluding ortho intramolecular Hbond substituents is 1. The summed E-state index contributed by atoms with van der Waals surface area (Å²) < 4.78 is 76.4. The summed E-state index contributed by atoms with van der Waals surface area (Å²) in [6, 6.07) is 22.4. The van der Waals surface area contributed by atoms with E-state index in [9.17, 15) is 31.6 Å². The number of ether oxygens (including phenoxy) is 2. The predicted octanol–water partition coefficient (Wildman–Crippen LogP) is 7.75. The number of aromatic hydroxyl groups is 1. The first-order chi connectivity index (χ1) is 22.9. The third kappa shape index (κ3) is 13.4. The van der Waals surface area contributed by atoms with Crippen LogP contribution in [0.15, 0.2) is 94.7 Å². The van der Waals surface area contributed by atoms with Crippen LogP contribution in [0, 0.1) is 0 Å². The molecular formula is C36H42CaO10S2. The van der Waals surface area contributed by atoms with Crippen LogP contribution in [0.4, 0.5) is 0 Å². The fourth-order valence-electron chi connectivity index (χ4n) is 4.91. The van der Waals surface area contributed by atoms with Crippen LogP contribution in [-0.4, -0.2) is 68.8 Å². The number of rotatable bonds is 16. The van der Waals surface area contributed by atoms with Gasteiger partial charge in [-0.3, -0.25) is 4.55 Å². The van der Waals surface area contributed by atoms with Crippen molar-refractivity contribution in [1.82, 2.24) is 0 Å². The van der Waals surface area contributed by atoms with Gasteiger partial charge in [-0.15, -0.1) is 0 Å². The van der Waals surface area contributed by atoms with Crippen molar-refractivity contribution < 1.29 is 45.6 Å². The Hall–Kier alpha value is -2.84. The molecule has 0 fully saturated rings. The molecule has 4 aromatic carbocycles. The number of aryl methyl sites for hydroxylation is 2. The van der Waals surface area contributed by atoms with Gasteiger partial charge in [0.25, 0.3) is 10.1 Å². The monoisotopic (exact) mass is 738 g/mol. The van der Waals surface area contributed by atoms with Crippen molar-refractivity contribution in [1.29, 1.82) is 0 Å². The van der Waals surface area contributed by atoms with Crippen LogP contribution >= 0.6 is 0 Å². The van der Waals surface area contributed by atoms with Crippen LogP contribution in [0.2, 0.25) is 0 Å². The second-order valence-corrected chi connectivity index (χ2v) is 13.9. The van der Waals surface area contributed by atoms with E-state index in [1.807, 2.05) is 30.3 Å². The first-order valence-electron chi connectivity index (χ1n) is 15.9. The van der Waals surface area contributed by atoms with Crippen molar-refractivity contribution >= 4 is 58.0 Å². The number of hydrogen-bond acceptors (Lipinski definition) is 9. The second kappa shape index (κ2) is 20.7. The van der Waals surface area contributed by atoms with E-state index in [1.165, 1.54) is 30.7 Å². The smallest absolute Gasteiger partial charge is 0.869 e. The molecule has 0 aliphatic rings. The van der Waals surface area contributed by atoms with E-state index in [4.69, 9.17) is 14.0 Å². The molecule has 0 bridgehead atoms. The summed E-state index contributed by atoms with van der Waals surface area (Å²) in [5.74, 6) is -0.600. The molecule has 0 aliphatic heterocycles. The molecule has 0 amide bonds. The molecule has 49 heavy (non-hydrogen) atoms. The Labute approximate surface area is 319 Å². The minimum absolute atomic E-state index is 0. The summed E-state index contributed by atoms with van der Waals surface area (Å²) in [6.45, 7) is 4.30. The van der Waals surface area contributed by atoms with Gasteiger partial charge < -0.3 is 24.2 Å². The van der Waals surface area contributed by atoms with Crippen molar-refractivity contribution in [2.24, 2.45) is 0 Å². The summed E-state index contributed by atoms with van der Waals surface area (Å²) in [7, 11) is -9.33. The minimum Gasteiger partial charge on any atom is -0.869 e. The molecule has 0 saturated carbocycles. The van der Waals surface area contributed by atoms with Gasteiger partial charge in [0.2, 0.25) is 0 Å². The summed E-state index contributed by atoms with van der Waals surface area (Å²) in [4.78, 5) is -1.36. The van der Waals surface area contributed by atoms with Crippen molar-refractivity contribution in [2.75, 3.05) is 0 Å². The van der Waals surface area contributed by atoms with Crippen molar-refractivity contribution in [2.45, 2.75) is 87.8 Å². The zero-order chi connectivity index (χ0) is 35.2. The van der Waals surface area contributed by atoms with Crippen LogP contribution in [-0.2, 0) is 33.1 Å². The molecule has 0 atom stereocenters. The topological polar surface area (TPSA) is 173 Å². The molecule has 4 aromatic rings. The van der Waals surface area contributed by atoms with Gasteiger partial charge in [-0.05, 0) is 79.0 Å². The third-order valence-electron chi connectivity index (χ3n) is 7.44. The van der Waals surface area contributed by atoms with Crippen molar-refractivity contribution in [3.63, 3.8) is 0 Å². The molecule has 0 aromatic heterocycles. The van der Waals surface area contributed by atoms with E-state index in [2.05, 4.69) is 13.8 Å². The second-order valence-electron chi connectivity index (χ2n) is 11.2. The molecule has 10 nitrogen and oxygen atoms in total. The number of para-hydroxylation sites is 4. The molecule has 0 radical (unpaired) electrons. The van der Waals surface area contributed by atoms with Gasteiger partial charge >= 0.3 is 37.7 Å². The van der Waals surface area contributed by atoms with Gasteiger partial charge in [0.15, 0.2) is 11.5 Å². The van der Waals surface area contributed by atoms with E-state index in [0.29, 0.717) is 11.5 Å². The van der Waals surface area contributed by atoms with Gasteiger partial charge in [0.05, 0.1) is 4.90 Å². The van der Waals surface area contributed by atoms with Crippen LogP contribution in [0.25, 0.3) is 0 Å². The Morgan fingerprint density at radius 1 is 0.592 bits per heavy atom. The van der Waals surface area contributed by atoms with Gasteiger partial charge in [0.1, 0.15) is 32.3 Å². The standard InChI is InChI=1S/2C18H22O5S.Ca/c2*1-2-3-4-5-9-14-10-6-7-11-15(14)23-16-12-8-13-17(18(16)19)24(20,21)22;/h2*6-8,10-13,19H,2-5,9H2,1H3,(H,20,21,22);/q;;+2/p-2. The van der Waals surface area contributed by atoms with Crippen molar-refractivity contribution in [3.05, 3.63) is 96.1 Å². The molecule has 260 valence electrons. The van der Waals surface area contributed by atoms with Gasteiger partial charge in [-0.25, -0.2) is 8.42 Å². The molecule has 4 rings (SSSR count). The molecule has 2 N–H and O–H groups in total. The maximum absolute atomic E-state index is 12.1. The van der Waals surface area contributed by atoms with Gasteiger partial charge in [-0.2, -0.15) is 8.42 Å². The van der Waals surface area contributed by atoms with E-state index < -0.39 is 41.5 Å². The average Bonchev–Trinajstić information content (AvgIpc) is 3.04. The Kier molecular flexibility index (Phi) is 17.9. The first-order valence-corrected chi connectivity index (χ1v) is 18.8. The zero-order valence-electron chi connectivity index (χ0n) is 27.8. The van der Waals surface area contributed by atoms with E-state index >= 15 is 0 Å². The molecule has 0 unspecified atom stereocenters. The summed E-state index contributed by atoms with van der Waals surface area (Å²) in [5, 5.41) is 22.2. The number of hydrogen-bond donors (Lipinski definition) is 2. The summed E-state index contributed by atoms with van der Waals surface area (Å²) >= 11 is 0. The molecule has 0 spiro atoms. The number of unbranched alkanes of at least 4 members (excludes halogenated alkanes) is 6. The summed E-state index contributed by atoms with van der Waals surface area (Å²) in [5.41, 5.74) is 1.94. The number of benzene rings is 4. The Balaban J connectivity index is 0.000000333. The Morgan fingerprint density at radius 2 is 1.02 bits per heavy atom. The van der Waals surface area contributed by atoms with E-state index in [0.717, 1.165) is 81.0 Å². The van der Waals surface area contributed by atoms with Crippen LogP contribution in [0.5, 0.6) is 34.5 Å². The molecule has 0 heterocycles. The zero-order valence-corrected chi connectivity index (χ0v) is 31.7. The molecule has 13 heteroatoms. The third-order valence-corrected chi connectivity index (χ3v) is 9.18. The van der Waals surface area contributed by atoms with Crippen LogP contribution < -0.4 is 14.6 Å². The molecule has 0 aliphatic carbocycles. The predicted molar refractivity (Wildman–Crippen MR) is 186 cm³/mol.